The van der Waals surface area contributed by atoms with E-state index in [0.29, 0.717) is 35.9 Å². The van der Waals surface area contributed by atoms with Crippen LogP contribution in [0.2, 0.25) is 0 Å². The quantitative estimate of drug-likeness (QED) is 0.161. The molecule has 4 aromatic rings. The van der Waals surface area contributed by atoms with Crippen LogP contribution in [-0.4, -0.2) is 42.8 Å². The monoisotopic (exact) mass is 552 g/mol. The Labute approximate surface area is 240 Å². The Hall–Kier alpha value is -4.23. The number of ether oxygens (including phenoxy) is 3. The molecule has 1 aromatic heterocycles. The first kappa shape index (κ1) is 28.3. The third-order valence-electron chi connectivity index (χ3n) is 6.90. The number of aromatic nitrogens is 1. The molecule has 1 heterocycles. The van der Waals surface area contributed by atoms with Gasteiger partial charge in [-0.15, -0.1) is 0 Å². The highest BCUT2D eigenvalue weighted by atomic mass is 16.6. The van der Waals surface area contributed by atoms with Gasteiger partial charge in [-0.05, 0) is 86.1 Å². The Balaban J connectivity index is 1.44. The van der Waals surface area contributed by atoms with Gasteiger partial charge in [0.15, 0.2) is 5.78 Å². The number of carbonyl (C=O) groups excluding carboxylic acids is 2. The van der Waals surface area contributed by atoms with Gasteiger partial charge in [0, 0.05) is 42.4 Å². The number of rotatable bonds is 10. The summed E-state index contributed by atoms with van der Waals surface area (Å²) in [4.78, 5) is 30.8. The molecule has 0 unspecified atom stereocenters. The number of carbonyl (C=O) groups is 2. The summed E-state index contributed by atoms with van der Waals surface area (Å²) in [5.74, 6) is 1.21. The number of hydrogen-bond acceptors (Lipinski definition) is 6. The van der Waals surface area contributed by atoms with Crippen molar-refractivity contribution in [2.45, 2.75) is 51.6 Å². The molecule has 1 fully saturated rings. The summed E-state index contributed by atoms with van der Waals surface area (Å²) in [5, 5.41) is 3.74. The number of fused-ring (bicyclic) bond motifs is 1. The fourth-order valence-electron chi connectivity index (χ4n) is 4.76. The highest BCUT2D eigenvalue weighted by Gasteiger charge is 2.28. The van der Waals surface area contributed by atoms with Gasteiger partial charge in [-0.25, -0.2) is 4.79 Å². The van der Waals surface area contributed by atoms with Crippen LogP contribution in [0.1, 0.15) is 61.0 Å². The first-order chi connectivity index (χ1) is 19.7. The molecular formula is C34H36N2O5. The summed E-state index contributed by atoms with van der Waals surface area (Å²) in [6.07, 6.45) is 3.39. The number of methoxy groups -OCH3 is 1. The summed E-state index contributed by atoms with van der Waals surface area (Å²) in [7, 11) is 1.65. The number of nitrogens with one attached hydrogen (secondary N) is 1. The zero-order valence-corrected chi connectivity index (χ0v) is 24.0. The topological polar surface area (TPSA) is 86.8 Å². The first-order valence-corrected chi connectivity index (χ1v) is 14.0. The van der Waals surface area contributed by atoms with E-state index in [1.807, 2.05) is 81.4 Å². The summed E-state index contributed by atoms with van der Waals surface area (Å²) >= 11 is 0. The van der Waals surface area contributed by atoms with Gasteiger partial charge in [0.1, 0.15) is 18.0 Å². The van der Waals surface area contributed by atoms with Gasteiger partial charge in [0.2, 0.25) is 0 Å². The molecule has 1 amide bonds. The van der Waals surface area contributed by atoms with Crippen molar-refractivity contribution in [1.82, 2.24) is 4.98 Å². The predicted molar refractivity (Wildman–Crippen MR) is 161 cm³/mol. The number of Topliss-reactive ketones (excluding diaryl/α,β-unsaturated/α-hetero) is 1. The van der Waals surface area contributed by atoms with Crippen LogP contribution < -0.4 is 10.1 Å². The Kier molecular flexibility index (Phi) is 8.36. The molecule has 212 valence electrons. The van der Waals surface area contributed by atoms with Gasteiger partial charge in [0.25, 0.3) is 0 Å². The average molecular weight is 553 g/mol. The van der Waals surface area contributed by atoms with Crippen LogP contribution in [0.5, 0.6) is 5.75 Å². The van der Waals surface area contributed by atoms with Crippen LogP contribution in [-0.2, 0) is 15.9 Å². The lowest BCUT2D eigenvalue weighted by molar-refractivity contribution is 0.0635. The fraction of sp³-hybridized carbons (Fsp3) is 0.324. The molecule has 3 aromatic carbocycles. The van der Waals surface area contributed by atoms with E-state index in [4.69, 9.17) is 14.2 Å². The van der Waals surface area contributed by atoms with Crippen molar-refractivity contribution in [3.05, 3.63) is 89.6 Å². The lowest BCUT2D eigenvalue weighted by Crippen LogP contribution is -2.27. The van der Waals surface area contributed by atoms with Gasteiger partial charge >= 0.3 is 6.09 Å². The van der Waals surface area contributed by atoms with Gasteiger partial charge in [0.05, 0.1) is 12.1 Å². The number of nitrogens with zero attached hydrogens (tertiary/aromatic N) is 1. The van der Waals surface area contributed by atoms with E-state index < -0.39 is 11.7 Å². The Morgan fingerprint density at radius 1 is 0.951 bits per heavy atom. The lowest BCUT2D eigenvalue weighted by Gasteiger charge is -2.20. The molecule has 0 spiro atoms. The minimum Gasteiger partial charge on any atom is -0.491 e. The fourth-order valence-corrected chi connectivity index (χ4v) is 4.76. The van der Waals surface area contributed by atoms with Crippen LogP contribution in [0, 0.1) is 0 Å². The summed E-state index contributed by atoms with van der Waals surface area (Å²) in [6, 6.07) is 21.6. The molecule has 41 heavy (non-hydrogen) atoms. The van der Waals surface area contributed by atoms with E-state index in [-0.39, 0.29) is 12.2 Å². The number of amides is 1. The maximum atomic E-state index is 13.6. The predicted octanol–water partition coefficient (Wildman–Crippen LogP) is 7.58. The third-order valence-corrected chi connectivity index (χ3v) is 6.90. The normalized spacial score (nSPS) is 13.2. The van der Waals surface area contributed by atoms with Crippen molar-refractivity contribution >= 4 is 28.5 Å². The lowest BCUT2D eigenvalue weighted by atomic mass is 9.96. The van der Waals surface area contributed by atoms with Crippen molar-refractivity contribution in [2.75, 3.05) is 25.6 Å². The van der Waals surface area contributed by atoms with Gasteiger partial charge in [-0.1, -0.05) is 36.4 Å². The second-order valence-electron chi connectivity index (χ2n) is 11.4. The van der Waals surface area contributed by atoms with Gasteiger partial charge in [-0.2, -0.15) is 0 Å². The summed E-state index contributed by atoms with van der Waals surface area (Å²) in [6.45, 7) is 6.42. The maximum Gasteiger partial charge on any atom is 0.412 e. The van der Waals surface area contributed by atoms with Crippen LogP contribution in [0.15, 0.2) is 72.9 Å². The Bertz CT molecular complexity index is 1560. The van der Waals surface area contributed by atoms with Gasteiger partial charge < -0.3 is 14.2 Å². The summed E-state index contributed by atoms with van der Waals surface area (Å²) in [5.41, 5.74) is 5.01. The van der Waals surface area contributed by atoms with Gasteiger partial charge in [-0.3, -0.25) is 15.1 Å². The molecule has 0 saturated heterocycles. The third kappa shape index (κ3) is 7.30. The second kappa shape index (κ2) is 12.1. The first-order valence-electron chi connectivity index (χ1n) is 14.0. The maximum absolute atomic E-state index is 13.6. The van der Waals surface area contributed by atoms with Crippen molar-refractivity contribution < 1.29 is 23.8 Å². The molecule has 7 nitrogen and oxygen atoms in total. The largest absolute Gasteiger partial charge is 0.491 e. The molecule has 1 aliphatic carbocycles. The highest BCUT2D eigenvalue weighted by molar-refractivity contribution is 6.01. The molecule has 1 saturated carbocycles. The minimum atomic E-state index is -0.644. The molecule has 0 radical (unpaired) electrons. The molecule has 0 aliphatic heterocycles. The standard InChI is InChI=1S/C34H36N2O5/c1-34(2,3)41-33(38)36-29-13-12-24(22-8-6-5-7-9-22)16-26(29)19-31(37)27-17-25-18-28(23-10-11-23)32(40-15-14-39-4)20-30(25)35-21-27/h5-9,12-13,16-18,20-21,23H,10-11,14-15,19H2,1-4H3,(H,36,38). The number of anilines is 1. The minimum absolute atomic E-state index is 0.0900. The van der Waals surface area contributed by atoms with Crippen molar-refractivity contribution in [3.63, 3.8) is 0 Å². The average Bonchev–Trinajstić information content (AvgIpc) is 3.78. The van der Waals surface area contributed by atoms with Crippen LogP contribution >= 0.6 is 0 Å². The second-order valence-corrected chi connectivity index (χ2v) is 11.4. The van der Waals surface area contributed by atoms with Crippen molar-refractivity contribution in [3.8, 4) is 16.9 Å². The molecule has 5 rings (SSSR count). The van der Waals surface area contributed by atoms with Crippen LogP contribution in [0.3, 0.4) is 0 Å². The van der Waals surface area contributed by atoms with E-state index >= 15 is 0 Å². The Morgan fingerprint density at radius 2 is 1.73 bits per heavy atom. The zero-order chi connectivity index (χ0) is 29.0. The number of pyridine rings is 1. The van der Waals surface area contributed by atoms with E-state index in [1.165, 1.54) is 0 Å². The van der Waals surface area contributed by atoms with Crippen molar-refractivity contribution in [1.29, 1.82) is 0 Å². The molecule has 1 aliphatic rings. The summed E-state index contributed by atoms with van der Waals surface area (Å²) < 4.78 is 16.6. The highest BCUT2D eigenvalue weighted by Crippen LogP contribution is 2.45. The van der Waals surface area contributed by atoms with E-state index in [9.17, 15) is 9.59 Å². The van der Waals surface area contributed by atoms with Crippen LogP contribution in [0.25, 0.3) is 22.0 Å². The number of ketones is 1. The molecule has 0 bridgehead atoms. The molecule has 7 heteroatoms. The van der Waals surface area contributed by atoms with Crippen LogP contribution in [0.4, 0.5) is 10.5 Å². The number of hydrogen-bond donors (Lipinski definition) is 1. The molecule has 0 atom stereocenters. The zero-order valence-electron chi connectivity index (χ0n) is 24.0. The van der Waals surface area contributed by atoms with E-state index in [0.717, 1.165) is 46.2 Å². The Morgan fingerprint density at radius 3 is 2.44 bits per heavy atom. The SMILES string of the molecule is COCCOc1cc2ncc(C(=O)Cc3cc(-c4ccccc4)ccc3NC(=O)OC(C)(C)C)cc2cc1C1CC1. The van der Waals surface area contributed by atoms with E-state index in [2.05, 4.69) is 16.4 Å². The smallest absolute Gasteiger partial charge is 0.412 e. The molecular weight excluding hydrogens is 516 g/mol. The number of benzene rings is 3. The van der Waals surface area contributed by atoms with Crippen molar-refractivity contribution in [2.24, 2.45) is 0 Å². The molecule has 1 N–H and O–H groups in total. The van der Waals surface area contributed by atoms with E-state index in [1.54, 1.807) is 13.3 Å².